The molecule has 47 heavy (non-hydrogen) atoms. The molecule has 0 aromatic heterocycles. The quantitative estimate of drug-likeness (QED) is 0.120. The number of carbonyl (C=O) groups is 3. The molecule has 0 atom stereocenters. The number of ketones is 1. The molecular formula is C37H46N2O8. The van der Waals surface area contributed by atoms with E-state index in [-0.39, 0.29) is 42.9 Å². The standard InChI is InChI=1S/C37H46N2O8/c1-44-34-21-26(15-19-32(34)46-24-36(42)38-28-9-5-3-6-10-28)13-17-30(40)23-31(41)18-14-27-16-20-33(35(22-27)45-2)47-25-37(43)39-29-11-7-4-8-12-29/h13-23,28-29,40H,3-12,24-25H2,1-2H3,(H,38,42)(H,39,43)/b17-13+,18-14+,30-23-. The Morgan fingerprint density at radius 2 is 1.13 bits per heavy atom. The van der Waals surface area contributed by atoms with E-state index in [2.05, 4.69) is 10.6 Å². The van der Waals surface area contributed by atoms with Gasteiger partial charge in [-0.3, -0.25) is 14.4 Å². The molecule has 0 aliphatic heterocycles. The summed E-state index contributed by atoms with van der Waals surface area (Å²) in [5, 5.41) is 16.4. The van der Waals surface area contributed by atoms with E-state index in [1.807, 2.05) is 0 Å². The van der Waals surface area contributed by atoms with Gasteiger partial charge in [0.1, 0.15) is 5.76 Å². The lowest BCUT2D eigenvalue weighted by Gasteiger charge is -2.22. The second-order valence-corrected chi connectivity index (χ2v) is 11.8. The molecule has 0 heterocycles. The largest absolute Gasteiger partial charge is 0.508 e. The molecule has 2 aliphatic carbocycles. The highest BCUT2D eigenvalue weighted by Crippen LogP contribution is 2.30. The molecule has 0 unspecified atom stereocenters. The second kappa shape index (κ2) is 18.4. The van der Waals surface area contributed by atoms with Crippen LogP contribution >= 0.6 is 0 Å². The topological polar surface area (TPSA) is 132 Å². The van der Waals surface area contributed by atoms with Gasteiger partial charge in [-0.1, -0.05) is 62.8 Å². The summed E-state index contributed by atoms with van der Waals surface area (Å²) in [6, 6.07) is 10.7. The van der Waals surface area contributed by atoms with E-state index in [0.717, 1.165) is 57.4 Å². The summed E-state index contributed by atoms with van der Waals surface area (Å²) in [4.78, 5) is 37.1. The summed E-state index contributed by atoms with van der Waals surface area (Å²) in [6.45, 7) is -0.215. The number of hydrogen-bond donors (Lipinski definition) is 3. The number of benzene rings is 2. The van der Waals surface area contributed by atoms with Crippen molar-refractivity contribution in [3.63, 3.8) is 0 Å². The smallest absolute Gasteiger partial charge is 0.258 e. The van der Waals surface area contributed by atoms with Gasteiger partial charge in [0.25, 0.3) is 11.8 Å². The van der Waals surface area contributed by atoms with Gasteiger partial charge < -0.3 is 34.7 Å². The Hall–Kier alpha value is -4.73. The number of amides is 2. The predicted molar refractivity (Wildman–Crippen MR) is 181 cm³/mol. The number of aliphatic hydroxyl groups is 1. The number of aliphatic hydroxyl groups excluding tert-OH is 1. The molecule has 3 N–H and O–H groups in total. The fourth-order valence-electron chi connectivity index (χ4n) is 5.74. The van der Waals surface area contributed by atoms with Crippen LogP contribution in [0.4, 0.5) is 0 Å². The van der Waals surface area contributed by atoms with Crippen molar-refractivity contribution >= 4 is 29.7 Å². The van der Waals surface area contributed by atoms with E-state index in [4.69, 9.17) is 18.9 Å². The Morgan fingerprint density at radius 1 is 0.681 bits per heavy atom. The normalized spacial score (nSPS) is 16.2. The predicted octanol–water partition coefficient (Wildman–Crippen LogP) is 6.10. The van der Waals surface area contributed by atoms with Crippen molar-refractivity contribution in [1.82, 2.24) is 10.6 Å². The first-order valence-electron chi connectivity index (χ1n) is 16.3. The van der Waals surface area contributed by atoms with Crippen molar-refractivity contribution in [3.8, 4) is 23.0 Å². The zero-order chi connectivity index (χ0) is 33.4. The van der Waals surface area contributed by atoms with Crippen LogP contribution in [0.3, 0.4) is 0 Å². The molecule has 10 heteroatoms. The highest BCUT2D eigenvalue weighted by Gasteiger charge is 2.18. The Labute approximate surface area is 276 Å². The Balaban J connectivity index is 1.26. The fourth-order valence-corrected chi connectivity index (χ4v) is 5.74. The van der Waals surface area contributed by atoms with Crippen molar-refractivity contribution in [2.24, 2.45) is 0 Å². The minimum Gasteiger partial charge on any atom is -0.508 e. The van der Waals surface area contributed by atoms with Crippen LogP contribution < -0.4 is 29.6 Å². The van der Waals surface area contributed by atoms with Gasteiger partial charge in [-0.15, -0.1) is 0 Å². The third-order valence-electron chi connectivity index (χ3n) is 8.21. The summed E-state index contributed by atoms with van der Waals surface area (Å²) in [7, 11) is 3.01. The maximum Gasteiger partial charge on any atom is 0.258 e. The van der Waals surface area contributed by atoms with Gasteiger partial charge in [0, 0.05) is 18.2 Å². The van der Waals surface area contributed by atoms with Gasteiger partial charge in [-0.2, -0.15) is 0 Å². The van der Waals surface area contributed by atoms with Gasteiger partial charge in [0.2, 0.25) is 0 Å². The van der Waals surface area contributed by atoms with Crippen molar-refractivity contribution in [2.75, 3.05) is 27.4 Å². The first kappa shape index (κ1) is 35.1. The zero-order valence-corrected chi connectivity index (χ0v) is 27.3. The molecule has 2 aromatic carbocycles. The van der Waals surface area contributed by atoms with Crippen molar-refractivity contribution in [1.29, 1.82) is 0 Å². The number of nitrogens with one attached hydrogen (secondary N) is 2. The Kier molecular flexibility index (Phi) is 13.8. The van der Waals surface area contributed by atoms with Crippen LogP contribution in [0.25, 0.3) is 12.2 Å². The van der Waals surface area contributed by atoms with Gasteiger partial charge in [-0.05, 0) is 73.2 Å². The summed E-state index contributed by atoms with van der Waals surface area (Å²) >= 11 is 0. The number of carbonyl (C=O) groups excluding carboxylic acids is 3. The number of methoxy groups -OCH3 is 2. The molecule has 0 bridgehead atoms. The number of ether oxygens (including phenoxy) is 4. The summed E-state index contributed by atoms with van der Waals surface area (Å²) in [5.41, 5.74) is 1.38. The van der Waals surface area contributed by atoms with E-state index < -0.39 is 5.78 Å². The van der Waals surface area contributed by atoms with Crippen molar-refractivity contribution in [2.45, 2.75) is 76.3 Å². The van der Waals surface area contributed by atoms with Crippen LogP contribution in [0.5, 0.6) is 23.0 Å². The average molecular weight is 647 g/mol. The SMILES string of the molecule is COc1cc(/C=C/C(=O)/C=C(O)/C=C/c2ccc(OCC(=O)NC3CCCCC3)c(OC)c2)ccc1OCC(=O)NC1CCCCC1. The van der Waals surface area contributed by atoms with Crippen LogP contribution in [0.1, 0.15) is 75.3 Å². The molecule has 2 fully saturated rings. The molecule has 2 aliphatic rings. The van der Waals surface area contributed by atoms with Gasteiger partial charge in [0.15, 0.2) is 42.0 Å². The first-order chi connectivity index (χ1) is 22.8. The maximum atomic E-state index is 12.5. The third kappa shape index (κ3) is 11.9. The minimum absolute atomic E-state index is 0.106. The highest BCUT2D eigenvalue weighted by molar-refractivity contribution is 6.02. The molecule has 0 radical (unpaired) electrons. The highest BCUT2D eigenvalue weighted by atomic mass is 16.5. The summed E-state index contributed by atoms with van der Waals surface area (Å²) < 4.78 is 22.2. The van der Waals surface area contributed by atoms with Gasteiger partial charge in [-0.25, -0.2) is 0 Å². The monoisotopic (exact) mass is 646 g/mol. The third-order valence-corrected chi connectivity index (χ3v) is 8.21. The summed E-state index contributed by atoms with van der Waals surface area (Å²) in [6.07, 6.45) is 18.0. The molecule has 2 saturated carbocycles. The van der Waals surface area contributed by atoms with Crippen LogP contribution in [-0.4, -0.2) is 62.2 Å². The first-order valence-corrected chi connectivity index (χ1v) is 16.3. The molecule has 10 nitrogen and oxygen atoms in total. The molecular weight excluding hydrogens is 600 g/mol. The van der Waals surface area contributed by atoms with Crippen molar-refractivity contribution in [3.05, 3.63) is 71.5 Å². The van der Waals surface area contributed by atoms with E-state index in [0.29, 0.717) is 34.1 Å². The minimum atomic E-state index is -0.418. The molecule has 252 valence electrons. The van der Waals surface area contributed by atoms with Crippen LogP contribution in [0, 0.1) is 0 Å². The average Bonchev–Trinajstić information content (AvgIpc) is 3.09. The molecule has 0 spiro atoms. The second-order valence-electron chi connectivity index (χ2n) is 11.8. The van der Waals surface area contributed by atoms with Gasteiger partial charge in [0.05, 0.1) is 14.2 Å². The lowest BCUT2D eigenvalue weighted by Crippen LogP contribution is -2.39. The van der Waals surface area contributed by atoms with E-state index in [9.17, 15) is 19.5 Å². The number of allylic oxidation sites excluding steroid dienone is 3. The number of rotatable bonds is 15. The van der Waals surface area contributed by atoms with Crippen LogP contribution in [-0.2, 0) is 14.4 Å². The zero-order valence-electron chi connectivity index (χ0n) is 27.3. The van der Waals surface area contributed by atoms with E-state index in [1.165, 1.54) is 39.2 Å². The Bertz CT molecular complexity index is 1450. The molecule has 2 aromatic rings. The van der Waals surface area contributed by atoms with E-state index >= 15 is 0 Å². The maximum absolute atomic E-state index is 12.5. The summed E-state index contributed by atoms with van der Waals surface area (Å²) in [5.74, 6) is 0.756. The lowest BCUT2D eigenvalue weighted by atomic mass is 9.95. The molecule has 0 saturated heterocycles. The van der Waals surface area contributed by atoms with E-state index in [1.54, 1.807) is 48.6 Å². The lowest BCUT2D eigenvalue weighted by molar-refractivity contribution is -0.124. The fraction of sp³-hybridized carbons (Fsp3) is 0.432. The number of hydrogen-bond acceptors (Lipinski definition) is 8. The van der Waals surface area contributed by atoms with Gasteiger partial charge >= 0.3 is 0 Å². The molecule has 4 rings (SSSR count). The Morgan fingerprint density at radius 3 is 1.57 bits per heavy atom. The van der Waals surface area contributed by atoms with Crippen LogP contribution in [0.15, 0.2) is 60.4 Å². The molecule has 2 amide bonds. The van der Waals surface area contributed by atoms with Crippen molar-refractivity contribution < 1.29 is 38.4 Å². The van der Waals surface area contributed by atoms with Crippen LogP contribution in [0.2, 0.25) is 0 Å².